The van der Waals surface area contributed by atoms with Crippen LogP contribution in [0.5, 0.6) is 0 Å². The van der Waals surface area contributed by atoms with Gasteiger partial charge in [-0.1, -0.05) is 89.4 Å². The Morgan fingerprint density at radius 3 is 2.19 bits per heavy atom. The fourth-order valence-corrected chi connectivity index (χ4v) is 2.90. The van der Waals surface area contributed by atoms with Gasteiger partial charge in [0.2, 0.25) is 0 Å². The predicted octanol–water partition coefficient (Wildman–Crippen LogP) is 6.38. The van der Waals surface area contributed by atoms with Crippen molar-refractivity contribution in [3.05, 3.63) is 35.2 Å². The molecule has 0 rings (SSSR count). The van der Waals surface area contributed by atoms with Crippen LogP contribution < -0.4 is 5.73 Å². The summed E-state index contributed by atoms with van der Waals surface area (Å²) < 4.78 is 5.65. The Morgan fingerprint density at radius 1 is 1.04 bits per heavy atom. The highest BCUT2D eigenvalue weighted by Gasteiger charge is 2.15. The maximum atomic E-state index is 8.23. The van der Waals surface area contributed by atoms with Crippen LogP contribution in [0.4, 0.5) is 0 Å². The number of hydrogen-bond acceptors (Lipinski definition) is 4. The van der Waals surface area contributed by atoms with Crippen LogP contribution in [0.1, 0.15) is 84.0 Å². The first-order valence-electron chi connectivity index (χ1n) is 10.6. The van der Waals surface area contributed by atoms with Crippen molar-refractivity contribution in [1.29, 1.82) is 0 Å². The number of allylic oxidation sites excluding steroid dienone is 1. The van der Waals surface area contributed by atoms with Gasteiger partial charge in [-0.05, 0) is 18.4 Å². The smallest absolute Gasteiger partial charge is 0.115 e. The van der Waals surface area contributed by atoms with E-state index in [1.54, 1.807) is 6.08 Å². The zero-order valence-electron chi connectivity index (χ0n) is 17.2. The average Bonchev–Trinajstić information content (AvgIpc) is 2.67. The van der Waals surface area contributed by atoms with Crippen molar-refractivity contribution >= 4 is 0 Å². The Hall–Kier alpha value is -1.49. The molecule has 0 heterocycles. The fourth-order valence-electron chi connectivity index (χ4n) is 2.90. The molecule has 156 valence electrons. The van der Waals surface area contributed by atoms with E-state index in [0.29, 0.717) is 6.61 Å². The number of hydrogen-bond donors (Lipinski definition) is 1. The molecule has 0 amide bonds. The normalized spacial score (nSPS) is 13.3. The molecule has 0 aliphatic carbocycles. The summed E-state index contributed by atoms with van der Waals surface area (Å²) in [5.74, 6) is 0. The first-order chi connectivity index (χ1) is 13.3. The summed E-state index contributed by atoms with van der Waals surface area (Å²) in [4.78, 5) is 7.31. The van der Waals surface area contributed by atoms with Crippen molar-refractivity contribution in [2.24, 2.45) is 11.0 Å². The van der Waals surface area contributed by atoms with Gasteiger partial charge in [-0.25, -0.2) is 0 Å². The average molecular weight is 381 g/mol. The summed E-state index contributed by atoms with van der Waals surface area (Å²) in [6.45, 7) is 6.45. The molecule has 2 atom stereocenters. The van der Waals surface area contributed by atoms with Crippen LogP contribution in [-0.2, 0) is 9.57 Å². The third-order valence-corrected chi connectivity index (χ3v) is 4.49. The quantitative estimate of drug-likeness (QED) is 0.0662. The maximum absolute atomic E-state index is 8.23. The molecular weight excluding hydrogens is 340 g/mol. The summed E-state index contributed by atoms with van der Waals surface area (Å²) in [7, 11) is 0. The number of unbranched alkanes of at least 4 members (excludes halogenated alkanes) is 11. The molecule has 0 aromatic carbocycles. The van der Waals surface area contributed by atoms with Crippen molar-refractivity contribution in [3.63, 3.8) is 0 Å². The summed E-state index contributed by atoms with van der Waals surface area (Å²) in [5.41, 5.74) is 14.3. The standard InChI is InChI=1S/C21H40N4O2/c1-3-5-6-7-8-9-10-11-12-13-14-15-16-17-21(26-18-4-2)20(22)19-27-25-24-23/h4,16-17,20-21H,2-3,5-15,18-19,22H2,1H3. The van der Waals surface area contributed by atoms with E-state index in [4.69, 9.17) is 20.8 Å². The zero-order chi connectivity index (χ0) is 20.0. The second-order valence-corrected chi connectivity index (χ2v) is 6.97. The number of rotatable bonds is 20. The molecule has 0 fully saturated rings. The second-order valence-electron chi connectivity index (χ2n) is 6.97. The maximum Gasteiger partial charge on any atom is 0.115 e. The Kier molecular flexibility index (Phi) is 19.7. The SMILES string of the molecule is C=CCOC(C=CCCCCCCCCCCCCC)C(N)CON=[N+]=[N-]. The Bertz CT molecular complexity index is 409. The van der Waals surface area contributed by atoms with Gasteiger partial charge in [-0.3, -0.25) is 0 Å². The van der Waals surface area contributed by atoms with Crippen LogP contribution in [-0.4, -0.2) is 25.4 Å². The minimum atomic E-state index is -0.385. The van der Waals surface area contributed by atoms with Gasteiger partial charge in [0.15, 0.2) is 0 Å². The van der Waals surface area contributed by atoms with Crippen LogP contribution in [0.15, 0.2) is 30.1 Å². The van der Waals surface area contributed by atoms with Gasteiger partial charge in [-0.15, -0.1) is 6.58 Å². The van der Waals surface area contributed by atoms with Gasteiger partial charge in [0, 0.05) is 4.91 Å². The first kappa shape index (κ1) is 25.5. The molecule has 0 aliphatic rings. The van der Waals surface area contributed by atoms with Gasteiger partial charge >= 0.3 is 0 Å². The minimum Gasteiger partial charge on any atom is -0.432 e. The lowest BCUT2D eigenvalue weighted by Crippen LogP contribution is -2.39. The van der Waals surface area contributed by atoms with Crippen molar-refractivity contribution in [2.45, 2.75) is 96.1 Å². The molecule has 2 unspecified atom stereocenters. The van der Waals surface area contributed by atoms with Crippen molar-refractivity contribution < 1.29 is 9.57 Å². The molecule has 6 nitrogen and oxygen atoms in total. The van der Waals surface area contributed by atoms with Crippen LogP contribution in [0.2, 0.25) is 0 Å². The van der Waals surface area contributed by atoms with Crippen LogP contribution >= 0.6 is 0 Å². The topological polar surface area (TPSA) is 93.2 Å². The van der Waals surface area contributed by atoms with E-state index in [0.717, 1.165) is 6.42 Å². The summed E-state index contributed by atoms with van der Waals surface area (Å²) in [5, 5.41) is 3.05. The Labute approximate surface area is 165 Å². The van der Waals surface area contributed by atoms with Gasteiger partial charge in [0.25, 0.3) is 0 Å². The van der Waals surface area contributed by atoms with Gasteiger partial charge in [0.05, 0.1) is 18.8 Å². The highest BCUT2D eigenvalue weighted by atomic mass is 16.6. The zero-order valence-corrected chi connectivity index (χ0v) is 17.2. The second kappa shape index (κ2) is 20.8. The Balaban J connectivity index is 3.75. The van der Waals surface area contributed by atoms with E-state index in [9.17, 15) is 0 Å². The van der Waals surface area contributed by atoms with Crippen LogP contribution in [0, 0.1) is 0 Å². The molecule has 0 aromatic heterocycles. The van der Waals surface area contributed by atoms with Crippen LogP contribution in [0.25, 0.3) is 10.4 Å². The van der Waals surface area contributed by atoms with Gasteiger partial charge in [-0.2, -0.15) is 0 Å². The number of ether oxygens (including phenoxy) is 1. The summed E-state index contributed by atoms with van der Waals surface area (Å²) in [6, 6.07) is -0.385. The van der Waals surface area contributed by atoms with Crippen molar-refractivity contribution in [1.82, 2.24) is 0 Å². The van der Waals surface area contributed by atoms with Crippen molar-refractivity contribution in [2.75, 3.05) is 13.2 Å². The summed E-state index contributed by atoms with van der Waals surface area (Å²) >= 11 is 0. The minimum absolute atomic E-state index is 0.120. The number of nitrogens with zero attached hydrogens (tertiary/aromatic N) is 3. The lowest BCUT2D eigenvalue weighted by atomic mass is 10.0. The number of azide groups is 1. The van der Waals surface area contributed by atoms with Crippen molar-refractivity contribution in [3.8, 4) is 0 Å². The molecule has 0 aliphatic heterocycles. The monoisotopic (exact) mass is 380 g/mol. The molecule has 2 N–H and O–H groups in total. The van der Waals surface area contributed by atoms with E-state index in [-0.39, 0.29) is 18.8 Å². The van der Waals surface area contributed by atoms with Gasteiger partial charge in [0.1, 0.15) is 11.9 Å². The number of nitrogens with two attached hydrogens (primary N) is 1. The molecule has 6 heteroatoms. The molecular formula is C21H40N4O2. The molecule has 0 bridgehead atoms. The molecule has 0 saturated carbocycles. The van der Waals surface area contributed by atoms with Crippen LogP contribution in [0.3, 0.4) is 0 Å². The predicted molar refractivity (Wildman–Crippen MR) is 113 cm³/mol. The third-order valence-electron chi connectivity index (χ3n) is 4.49. The highest BCUT2D eigenvalue weighted by molar-refractivity contribution is 4.95. The molecule has 0 spiro atoms. The highest BCUT2D eigenvalue weighted by Crippen LogP contribution is 2.12. The third kappa shape index (κ3) is 17.7. The van der Waals surface area contributed by atoms with E-state index in [2.05, 4.69) is 29.8 Å². The summed E-state index contributed by atoms with van der Waals surface area (Å²) in [6.07, 6.45) is 21.3. The van der Waals surface area contributed by atoms with E-state index < -0.39 is 0 Å². The first-order valence-corrected chi connectivity index (χ1v) is 10.6. The van der Waals surface area contributed by atoms with E-state index in [1.807, 2.05) is 6.08 Å². The molecule has 0 aromatic rings. The lowest BCUT2D eigenvalue weighted by molar-refractivity contribution is 0.0434. The van der Waals surface area contributed by atoms with Gasteiger partial charge < -0.3 is 15.3 Å². The molecule has 0 saturated heterocycles. The van der Waals surface area contributed by atoms with E-state index in [1.165, 1.54) is 70.6 Å². The fraction of sp³-hybridized carbons (Fsp3) is 0.810. The largest absolute Gasteiger partial charge is 0.432 e. The Morgan fingerprint density at radius 2 is 1.63 bits per heavy atom. The molecule has 27 heavy (non-hydrogen) atoms. The lowest BCUT2D eigenvalue weighted by Gasteiger charge is -2.19. The van der Waals surface area contributed by atoms with E-state index >= 15 is 0 Å². The molecule has 0 radical (unpaired) electrons.